The number of rotatable bonds is 8. The zero-order chi connectivity index (χ0) is 27.4. The Hall–Kier alpha value is -4.39. The lowest BCUT2D eigenvalue weighted by atomic mass is 10.1. The smallest absolute Gasteiger partial charge is 0.335 e. The highest BCUT2D eigenvalue weighted by Crippen LogP contribution is 2.35. The van der Waals surface area contributed by atoms with Crippen LogP contribution < -0.4 is 24.4 Å². The van der Waals surface area contributed by atoms with Crippen LogP contribution in [-0.2, 0) is 16.2 Å². The summed E-state index contributed by atoms with van der Waals surface area (Å²) < 4.78 is 17.2. The minimum atomic E-state index is -1.01. The average molecular weight is 628 g/mol. The minimum Gasteiger partial charge on any atom is -0.497 e. The number of anilines is 1. The highest BCUT2D eigenvalue weighted by Gasteiger charge is 2.37. The maximum atomic E-state index is 13.2. The molecule has 0 bridgehead atoms. The maximum absolute atomic E-state index is 13.2. The Morgan fingerprint density at radius 1 is 1.00 bits per heavy atom. The van der Waals surface area contributed by atoms with Crippen LogP contribution in [0.4, 0.5) is 10.5 Å². The van der Waals surface area contributed by atoms with Crippen LogP contribution in [0.5, 0.6) is 17.2 Å². The van der Waals surface area contributed by atoms with Gasteiger partial charge in [-0.15, -0.1) is 0 Å². The number of carbonyl (C=O) groups is 4. The number of imide groups is 2. The van der Waals surface area contributed by atoms with E-state index in [1.165, 1.54) is 44.6 Å². The number of methoxy groups -OCH3 is 2. The Balaban J connectivity index is 1.59. The molecule has 4 amide bonds. The van der Waals surface area contributed by atoms with Crippen molar-refractivity contribution in [2.75, 3.05) is 19.1 Å². The largest absolute Gasteiger partial charge is 0.497 e. The second kappa shape index (κ2) is 11.3. The number of amides is 4. The molecule has 3 aromatic carbocycles. The molecule has 1 saturated heterocycles. The van der Waals surface area contributed by atoms with Crippen molar-refractivity contribution in [1.82, 2.24) is 5.32 Å². The molecule has 194 valence electrons. The first-order valence-electron chi connectivity index (χ1n) is 11.1. The van der Waals surface area contributed by atoms with Gasteiger partial charge in [0, 0.05) is 0 Å². The lowest BCUT2D eigenvalue weighted by Gasteiger charge is -2.26. The summed E-state index contributed by atoms with van der Waals surface area (Å²) in [6, 6.07) is 15.0. The number of ether oxygens (including phenoxy) is 3. The molecule has 1 fully saturated rings. The lowest BCUT2D eigenvalue weighted by Crippen LogP contribution is -2.54. The number of benzene rings is 3. The average Bonchev–Trinajstić information content (AvgIpc) is 2.90. The summed E-state index contributed by atoms with van der Waals surface area (Å²) in [7, 11) is 2.96. The van der Waals surface area contributed by atoms with E-state index in [-0.39, 0.29) is 23.4 Å². The van der Waals surface area contributed by atoms with Crippen molar-refractivity contribution >= 4 is 58.2 Å². The number of hydrogen-bond acceptors (Lipinski definition) is 7. The molecule has 10 nitrogen and oxygen atoms in total. The number of barbiturate groups is 1. The van der Waals surface area contributed by atoms with Crippen LogP contribution in [-0.4, -0.2) is 43.1 Å². The van der Waals surface area contributed by atoms with E-state index < -0.39 is 23.8 Å². The number of carbonyl (C=O) groups excluding carboxylic acids is 3. The molecule has 0 atom stereocenters. The van der Waals surface area contributed by atoms with Crippen molar-refractivity contribution in [1.29, 1.82) is 0 Å². The summed E-state index contributed by atoms with van der Waals surface area (Å²) in [6.07, 6.45) is 1.37. The third kappa shape index (κ3) is 5.62. The Kier molecular flexibility index (Phi) is 7.96. The van der Waals surface area contributed by atoms with E-state index in [9.17, 15) is 19.2 Å². The third-order valence-electron chi connectivity index (χ3n) is 5.58. The number of urea groups is 1. The van der Waals surface area contributed by atoms with Gasteiger partial charge in [0.2, 0.25) is 0 Å². The minimum absolute atomic E-state index is 0.159. The van der Waals surface area contributed by atoms with Gasteiger partial charge in [-0.1, -0.05) is 12.1 Å². The zero-order valence-corrected chi connectivity index (χ0v) is 22.3. The van der Waals surface area contributed by atoms with Crippen LogP contribution in [0.25, 0.3) is 6.08 Å². The lowest BCUT2D eigenvalue weighted by molar-refractivity contribution is -0.122. The van der Waals surface area contributed by atoms with E-state index in [1.807, 2.05) is 22.6 Å². The van der Waals surface area contributed by atoms with Crippen LogP contribution in [0.2, 0.25) is 0 Å². The van der Waals surface area contributed by atoms with Gasteiger partial charge in [-0.25, -0.2) is 14.5 Å². The van der Waals surface area contributed by atoms with E-state index in [0.717, 1.165) is 10.5 Å². The zero-order valence-electron chi connectivity index (χ0n) is 20.2. The number of nitrogens with one attached hydrogen (secondary N) is 1. The summed E-state index contributed by atoms with van der Waals surface area (Å²) in [4.78, 5) is 50.1. The predicted octanol–water partition coefficient (Wildman–Crippen LogP) is 4.25. The normalized spacial score (nSPS) is 14.3. The monoisotopic (exact) mass is 628 g/mol. The van der Waals surface area contributed by atoms with Gasteiger partial charge in [0.15, 0.2) is 11.5 Å². The Morgan fingerprint density at radius 2 is 1.68 bits per heavy atom. The van der Waals surface area contributed by atoms with E-state index in [2.05, 4.69) is 5.32 Å². The molecule has 3 aromatic rings. The van der Waals surface area contributed by atoms with Crippen molar-refractivity contribution in [3.8, 4) is 17.2 Å². The summed E-state index contributed by atoms with van der Waals surface area (Å²) in [5.41, 5.74) is 1.45. The van der Waals surface area contributed by atoms with Gasteiger partial charge in [-0.2, -0.15) is 0 Å². The number of carboxylic acids is 1. The summed E-state index contributed by atoms with van der Waals surface area (Å²) in [5, 5.41) is 11.2. The van der Waals surface area contributed by atoms with E-state index in [0.29, 0.717) is 26.4 Å². The van der Waals surface area contributed by atoms with Crippen LogP contribution in [0.1, 0.15) is 21.5 Å². The number of carboxylic acid groups (broad SMARTS) is 1. The second-order valence-corrected chi connectivity index (χ2v) is 9.14. The molecule has 0 aromatic heterocycles. The van der Waals surface area contributed by atoms with Crippen molar-refractivity contribution < 1.29 is 38.5 Å². The molecule has 0 aliphatic carbocycles. The van der Waals surface area contributed by atoms with E-state index in [1.54, 1.807) is 36.4 Å². The highest BCUT2D eigenvalue weighted by atomic mass is 127. The summed E-state index contributed by atoms with van der Waals surface area (Å²) in [5.74, 6) is -1.26. The topological polar surface area (TPSA) is 131 Å². The first kappa shape index (κ1) is 26.7. The fourth-order valence-corrected chi connectivity index (χ4v) is 4.43. The van der Waals surface area contributed by atoms with Gasteiger partial charge in [0.05, 0.1) is 29.0 Å². The molecule has 4 rings (SSSR count). The van der Waals surface area contributed by atoms with E-state index >= 15 is 0 Å². The molecule has 2 N–H and O–H groups in total. The Labute approximate surface area is 230 Å². The molecule has 1 heterocycles. The Morgan fingerprint density at radius 3 is 2.29 bits per heavy atom. The van der Waals surface area contributed by atoms with Crippen LogP contribution >= 0.6 is 22.6 Å². The van der Waals surface area contributed by atoms with Crippen molar-refractivity contribution in [2.24, 2.45) is 0 Å². The van der Waals surface area contributed by atoms with Crippen LogP contribution in [0, 0.1) is 3.57 Å². The molecule has 0 radical (unpaired) electrons. The van der Waals surface area contributed by atoms with Gasteiger partial charge < -0.3 is 19.3 Å². The SMILES string of the molecule is COc1ccc(N2C(=O)NC(=O)/C(=C\c3cc(I)c(OCc4ccc(C(=O)O)cc4)c(OC)c3)C2=O)cc1. The first-order valence-corrected chi connectivity index (χ1v) is 12.2. The molecule has 0 unspecified atom stereocenters. The number of aromatic carboxylic acids is 1. The third-order valence-corrected chi connectivity index (χ3v) is 6.38. The molecule has 38 heavy (non-hydrogen) atoms. The predicted molar refractivity (Wildman–Crippen MR) is 145 cm³/mol. The second-order valence-electron chi connectivity index (χ2n) is 7.98. The van der Waals surface area contributed by atoms with Gasteiger partial charge in [-0.05, 0) is 88.3 Å². The molecular formula is C27H21IN2O8. The fraction of sp³-hybridized carbons (Fsp3) is 0.111. The Bertz CT molecular complexity index is 1450. The highest BCUT2D eigenvalue weighted by molar-refractivity contribution is 14.1. The van der Waals surface area contributed by atoms with Crippen LogP contribution in [0.15, 0.2) is 66.2 Å². The van der Waals surface area contributed by atoms with Gasteiger partial charge in [-0.3, -0.25) is 14.9 Å². The standard InChI is InChI=1S/C27H21IN2O8/c1-36-19-9-7-18(8-10-19)30-25(32)20(24(31)29-27(30)35)11-16-12-21(28)23(22(13-16)37-2)38-14-15-3-5-17(6-4-15)26(33)34/h3-13H,14H2,1-2H3,(H,33,34)(H,29,31,35)/b20-11+. The number of halogens is 1. The molecule has 11 heteroatoms. The molecule has 0 saturated carbocycles. The van der Waals surface area contributed by atoms with E-state index in [4.69, 9.17) is 19.3 Å². The summed E-state index contributed by atoms with van der Waals surface area (Å²) >= 11 is 2.05. The summed E-state index contributed by atoms with van der Waals surface area (Å²) in [6.45, 7) is 0.159. The van der Waals surface area contributed by atoms with Gasteiger partial charge in [0.25, 0.3) is 11.8 Å². The fourth-order valence-electron chi connectivity index (χ4n) is 3.65. The quantitative estimate of drug-likeness (QED) is 0.215. The number of nitrogens with zero attached hydrogens (tertiary/aromatic N) is 1. The maximum Gasteiger partial charge on any atom is 0.335 e. The van der Waals surface area contributed by atoms with Crippen molar-refractivity contribution in [3.63, 3.8) is 0 Å². The molecule has 1 aliphatic heterocycles. The van der Waals surface area contributed by atoms with Crippen molar-refractivity contribution in [2.45, 2.75) is 6.61 Å². The molecule has 0 spiro atoms. The molecular weight excluding hydrogens is 607 g/mol. The van der Waals surface area contributed by atoms with Crippen molar-refractivity contribution in [3.05, 3.63) is 86.5 Å². The van der Waals surface area contributed by atoms with Gasteiger partial charge >= 0.3 is 12.0 Å². The molecule has 1 aliphatic rings. The van der Waals surface area contributed by atoms with Crippen LogP contribution in [0.3, 0.4) is 0 Å². The first-order chi connectivity index (χ1) is 18.2. The number of hydrogen-bond donors (Lipinski definition) is 2. The van der Waals surface area contributed by atoms with Gasteiger partial charge in [0.1, 0.15) is 17.9 Å².